The number of aryl methyl sites for hydroxylation is 1. The van der Waals surface area contributed by atoms with Gasteiger partial charge in [-0.3, -0.25) is 0 Å². The minimum Gasteiger partial charge on any atom is -0.211 e. The first kappa shape index (κ1) is 12.8. The second-order valence-electron chi connectivity index (χ2n) is 2.85. The molecule has 1 aromatic heterocycles. The standard InChI is InChI=1S/C7H6ClF3O2S2/c1-4-2-3-5(14-4)6(7(9,10)11)15(8,12)13/h2-3,6H,1H3. The lowest BCUT2D eigenvalue weighted by Crippen LogP contribution is -2.24. The largest absolute Gasteiger partial charge is 0.411 e. The summed E-state index contributed by atoms with van der Waals surface area (Å²) in [7, 11) is 0.0818. The Morgan fingerprint density at radius 3 is 2.20 bits per heavy atom. The van der Waals surface area contributed by atoms with Crippen LogP contribution < -0.4 is 0 Å². The number of halogens is 4. The summed E-state index contributed by atoms with van der Waals surface area (Å²) in [5.41, 5.74) is 0. The van der Waals surface area contributed by atoms with Gasteiger partial charge >= 0.3 is 6.18 Å². The molecule has 1 atom stereocenters. The van der Waals surface area contributed by atoms with Gasteiger partial charge in [-0.15, -0.1) is 11.3 Å². The fourth-order valence-electron chi connectivity index (χ4n) is 1.05. The van der Waals surface area contributed by atoms with Crippen molar-refractivity contribution in [3.05, 3.63) is 21.9 Å². The van der Waals surface area contributed by atoms with E-state index in [0.29, 0.717) is 4.88 Å². The third-order valence-corrected chi connectivity index (χ3v) is 4.43. The number of rotatable bonds is 2. The molecule has 1 heterocycles. The second-order valence-corrected chi connectivity index (χ2v) is 6.88. The predicted octanol–water partition coefficient (Wildman–Crippen LogP) is 3.23. The minimum absolute atomic E-state index is 0.310. The van der Waals surface area contributed by atoms with Crippen molar-refractivity contribution in [1.29, 1.82) is 0 Å². The summed E-state index contributed by atoms with van der Waals surface area (Å²) in [5.74, 6) is 0. The number of thiophene rings is 1. The monoisotopic (exact) mass is 278 g/mol. The maximum Gasteiger partial charge on any atom is 0.411 e. The molecule has 86 valence electrons. The molecule has 1 rings (SSSR count). The molecule has 1 aromatic rings. The third-order valence-electron chi connectivity index (χ3n) is 1.60. The normalized spacial score (nSPS) is 15.3. The summed E-state index contributed by atoms with van der Waals surface area (Å²) in [6, 6.07) is 2.54. The van der Waals surface area contributed by atoms with E-state index in [1.54, 1.807) is 6.92 Å². The van der Waals surface area contributed by atoms with Gasteiger partial charge in [-0.25, -0.2) is 8.42 Å². The summed E-state index contributed by atoms with van der Waals surface area (Å²) in [6.45, 7) is 1.59. The summed E-state index contributed by atoms with van der Waals surface area (Å²) < 4.78 is 59.0. The van der Waals surface area contributed by atoms with Gasteiger partial charge in [-0.1, -0.05) is 0 Å². The summed E-state index contributed by atoms with van der Waals surface area (Å²) in [6.07, 6.45) is -4.89. The van der Waals surface area contributed by atoms with Gasteiger partial charge in [-0.2, -0.15) is 13.2 Å². The lowest BCUT2D eigenvalue weighted by Gasteiger charge is -2.15. The minimum atomic E-state index is -4.89. The number of alkyl halides is 3. The van der Waals surface area contributed by atoms with Crippen molar-refractivity contribution < 1.29 is 21.6 Å². The zero-order valence-corrected chi connectivity index (χ0v) is 9.77. The van der Waals surface area contributed by atoms with Gasteiger partial charge in [-0.05, 0) is 19.1 Å². The van der Waals surface area contributed by atoms with Crippen molar-refractivity contribution in [2.45, 2.75) is 18.3 Å². The molecule has 0 bridgehead atoms. The van der Waals surface area contributed by atoms with Crippen molar-refractivity contribution >= 4 is 31.1 Å². The molecule has 0 saturated carbocycles. The van der Waals surface area contributed by atoms with E-state index in [4.69, 9.17) is 10.7 Å². The molecule has 0 saturated heterocycles. The van der Waals surface area contributed by atoms with Crippen LogP contribution in [0.4, 0.5) is 13.2 Å². The Bertz CT molecular complexity index is 449. The molecule has 15 heavy (non-hydrogen) atoms. The quantitative estimate of drug-likeness (QED) is 0.779. The first-order valence-corrected chi connectivity index (χ1v) is 6.88. The lowest BCUT2D eigenvalue weighted by molar-refractivity contribution is -0.130. The van der Waals surface area contributed by atoms with Gasteiger partial charge in [0.05, 0.1) is 0 Å². The topological polar surface area (TPSA) is 34.1 Å². The molecular weight excluding hydrogens is 273 g/mol. The zero-order chi connectivity index (χ0) is 11.9. The second kappa shape index (κ2) is 3.95. The van der Waals surface area contributed by atoms with Crippen molar-refractivity contribution in [2.75, 3.05) is 0 Å². The Morgan fingerprint density at radius 1 is 1.40 bits per heavy atom. The molecule has 1 unspecified atom stereocenters. The van der Waals surface area contributed by atoms with E-state index in [2.05, 4.69) is 0 Å². The average Bonchev–Trinajstić information content (AvgIpc) is 2.28. The van der Waals surface area contributed by atoms with Crippen LogP contribution in [0, 0.1) is 6.92 Å². The zero-order valence-electron chi connectivity index (χ0n) is 7.38. The van der Waals surface area contributed by atoms with Crippen LogP contribution in [-0.2, 0) is 9.05 Å². The molecule has 0 aromatic carbocycles. The Morgan fingerprint density at radius 2 is 1.93 bits per heavy atom. The average molecular weight is 279 g/mol. The van der Waals surface area contributed by atoms with Crippen LogP contribution in [0.2, 0.25) is 0 Å². The molecule has 0 spiro atoms. The SMILES string of the molecule is Cc1ccc(C(C(F)(F)F)S(=O)(=O)Cl)s1. The first-order valence-electron chi connectivity index (χ1n) is 3.69. The number of hydrogen-bond donors (Lipinski definition) is 0. The molecule has 0 radical (unpaired) electrons. The van der Waals surface area contributed by atoms with Crippen molar-refractivity contribution in [3.63, 3.8) is 0 Å². The van der Waals surface area contributed by atoms with E-state index >= 15 is 0 Å². The van der Waals surface area contributed by atoms with Gasteiger partial charge in [0.1, 0.15) is 0 Å². The highest BCUT2D eigenvalue weighted by Crippen LogP contribution is 2.43. The summed E-state index contributed by atoms with van der Waals surface area (Å²) in [4.78, 5) is 0.287. The molecule has 0 aliphatic carbocycles. The lowest BCUT2D eigenvalue weighted by atomic mass is 10.3. The van der Waals surface area contributed by atoms with Crippen LogP contribution >= 0.6 is 22.0 Å². The molecule has 8 heteroatoms. The van der Waals surface area contributed by atoms with Crippen LogP contribution in [0.3, 0.4) is 0 Å². The van der Waals surface area contributed by atoms with E-state index in [1.165, 1.54) is 6.07 Å². The molecule has 2 nitrogen and oxygen atoms in total. The highest BCUT2D eigenvalue weighted by molar-refractivity contribution is 8.14. The van der Waals surface area contributed by atoms with E-state index in [9.17, 15) is 21.6 Å². The van der Waals surface area contributed by atoms with Crippen LogP contribution in [0.1, 0.15) is 15.0 Å². The molecule has 0 fully saturated rings. The van der Waals surface area contributed by atoms with E-state index < -0.39 is 20.5 Å². The Hall–Kier alpha value is -0.270. The molecule has 0 aliphatic heterocycles. The summed E-state index contributed by atoms with van der Waals surface area (Å²) >= 11 is 0.766. The fourth-order valence-corrected chi connectivity index (χ4v) is 3.89. The molecular formula is C7H6ClF3O2S2. The van der Waals surface area contributed by atoms with Crippen molar-refractivity contribution in [3.8, 4) is 0 Å². The van der Waals surface area contributed by atoms with Gasteiger partial charge in [0, 0.05) is 20.4 Å². The smallest absolute Gasteiger partial charge is 0.211 e. The molecule has 0 aliphatic rings. The fraction of sp³-hybridized carbons (Fsp3) is 0.429. The Balaban J connectivity index is 3.26. The highest BCUT2D eigenvalue weighted by atomic mass is 35.7. The van der Waals surface area contributed by atoms with Gasteiger partial charge in [0.2, 0.25) is 14.3 Å². The van der Waals surface area contributed by atoms with Crippen molar-refractivity contribution in [1.82, 2.24) is 0 Å². The van der Waals surface area contributed by atoms with Crippen LogP contribution in [0.5, 0.6) is 0 Å². The van der Waals surface area contributed by atoms with E-state index in [1.807, 2.05) is 0 Å². The van der Waals surface area contributed by atoms with Gasteiger partial charge in [0.25, 0.3) is 0 Å². The maximum absolute atomic E-state index is 12.5. The molecule has 0 amide bonds. The van der Waals surface area contributed by atoms with Gasteiger partial charge < -0.3 is 0 Å². The Kier molecular flexibility index (Phi) is 3.37. The summed E-state index contributed by atoms with van der Waals surface area (Å²) in [5, 5.41) is -2.63. The Labute approximate surface area is 93.1 Å². The third kappa shape index (κ3) is 3.09. The number of hydrogen-bond acceptors (Lipinski definition) is 3. The maximum atomic E-state index is 12.5. The van der Waals surface area contributed by atoms with Crippen LogP contribution in [0.25, 0.3) is 0 Å². The molecule has 0 N–H and O–H groups in total. The highest BCUT2D eigenvalue weighted by Gasteiger charge is 2.49. The van der Waals surface area contributed by atoms with E-state index in [0.717, 1.165) is 17.4 Å². The van der Waals surface area contributed by atoms with E-state index in [-0.39, 0.29) is 4.88 Å². The first-order chi connectivity index (χ1) is 6.62. The predicted molar refractivity (Wildman–Crippen MR) is 52.6 cm³/mol. The van der Waals surface area contributed by atoms with Crippen LogP contribution in [0.15, 0.2) is 12.1 Å². The van der Waals surface area contributed by atoms with Crippen molar-refractivity contribution in [2.24, 2.45) is 0 Å². The van der Waals surface area contributed by atoms with Gasteiger partial charge in [0.15, 0.2) is 0 Å². The van der Waals surface area contributed by atoms with Crippen LogP contribution in [-0.4, -0.2) is 14.6 Å².